The zero-order valence-corrected chi connectivity index (χ0v) is 8.50. The fraction of sp³-hybridized carbons (Fsp3) is 0.400. The van der Waals surface area contributed by atoms with Gasteiger partial charge in [-0.3, -0.25) is 10.1 Å². The first kappa shape index (κ1) is 10.8. The van der Waals surface area contributed by atoms with Gasteiger partial charge in [-0.05, 0) is 12.1 Å². The highest BCUT2D eigenvalue weighted by molar-refractivity contribution is 5.35. The molecule has 0 unspecified atom stereocenters. The van der Waals surface area contributed by atoms with Gasteiger partial charge in [-0.1, -0.05) is 0 Å². The van der Waals surface area contributed by atoms with Crippen LogP contribution in [0.1, 0.15) is 0 Å². The van der Waals surface area contributed by atoms with E-state index in [2.05, 4.69) is 0 Å². The lowest BCUT2D eigenvalue weighted by Gasteiger charge is -2.10. The van der Waals surface area contributed by atoms with Crippen LogP contribution in [0.25, 0.3) is 0 Å². The molecule has 1 aromatic carbocycles. The van der Waals surface area contributed by atoms with Crippen LogP contribution in [0.5, 0.6) is 5.75 Å². The fourth-order valence-electron chi connectivity index (χ4n) is 1.33. The second-order valence-electron chi connectivity index (χ2n) is 3.23. The maximum atomic E-state index is 10.4. The number of benzene rings is 1. The van der Waals surface area contributed by atoms with Gasteiger partial charge in [0.15, 0.2) is 6.29 Å². The summed E-state index contributed by atoms with van der Waals surface area (Å²) in [5.41, 5.74) is 0.0423. The van der Waals surface area contributed by atoms with E-state index >= 15 is 0 Å². The standard InChI is InChI=1S/C10H11NO5/c12-11(13)8-1-3-9(4-2-8)16-7-10-14-5-6-15-10/h1-4,10H,5-7H2. The highest BCUT2D eigenvalue weighted by atomic mass is 16.7. The molecule has 1 aromatic rings. The summed E-state index contributed by atoms with van der Waals surface area (Å²) < 4.78 is 15.7. The number of nitrogens with zero attached hydrogens (tertiary/aromatic N) is 1. The van der Waals surface area contributed by atoms with Crippen molar-refractivity contribution in [3.63, 3.8) is 0 Å². The van der Waals surface area contributed by atoms with E-state index in [4.69, 9.17) is 14.2 Å². The molecule has 0 bridgehead atoms. The van der Waals surface area contributed by atoms with Crippen molar-refractivity contribution in [1.82, 2.24) is 0 Å². The number of ether oxygens (including phenoxy) is 3. The highest BCUT2D eigenvalue weighted by Gasteiger charge is 2.16. The summed E-state index contributed by atoms with van der Waals surface area (Å²) in [6, 6.07) is 5.89. The molecule has 2 rings (SSSR count). The zero-order chi connectivity index (χ0) is 11.4. The Balaban J connectivity index is 1.87. The van der Waals surface area contributed by atoms with E-state index in [1.807, 2.05) is 0 Å². The molecule has 0 amide bonds. The Hall–Kier alpha value is -1.66. The van der Waals surface area contributed by atoms with Gasteiger partial charge in [0.05, 0.1) is 18.1 Å². The van der Waals surface area contributed by atoms with Crippen LogP contribution in [0.2, 0.25) is 0 Å². The number of hydrogen-bond acceptors (Lipinski definition) is 5. The summed E-state index contributed by atoms with van der Waals surface area (Å²) in [5, 5.41) is 10.4. The van der Waals surface area contributed by atoms with Crippen LogP contribution in [0, 0.1) is 10.1 Å². The van der Waals surface area contributed by atoms with Gasteiger partial charge in [0, 0.05) is 12.1 Å². The zero-order valence-electron chi connectivity index (χ0n) is 8.50. The average Bonchev–Trinajstić information content (AvgIpc) is 2.80. The van der Waals surface area contributed by atoms with E-state index in [0.717, 1.165) is 0 Å². The molecule has 16 heavy (non-hydrogen) atoms. The Bertz CT molecular complexity index is 358. The quantitative estimate of drug-likeness (QED) is 0.571. The first-order valence-corrected chi connectivity index (χ1v) is 4.86. The molecule has 1 aliphatic rings. The topological polar surface area (TPSA) is 70.8 Å². The molecular weight excluding hydrogens is 214 g/mol. The third kappa shape index (κ3) is 2.68. The van der Waals surface area contributed by atoms with Gasteiger partial charge in [0.1, 0.15) is 12.4 Å². The van der Waals surface area contributed by atoms with E-state index in [1.165, 1.54) is 12.1 Å². The first-order valence-electron chi connectivity index (χ1n) is 4.86. The molecule has 1 saturated heterocycles. The van der Waals surface area contributed by atoms with Crippen LogP contribution in [-0.2, 0) is 9.47 Å². The minimum absolute atomic E-state index is 0.0423. The molecule has 86 valence electrons. The Labute approximate surface area is 91.9 Å². The Kier molecular flexibility index (Phi) is 3.33. The van der Waals surface area contributed by atoms with E-state index in [-0.39, 0.29) is 18.6 Å². The monoisotopic (exact) mass is 225 g/mol. The molecule has 1 heterocycles. The Morgan fingerprint density at radius 1 is 1.31 bits per heavy atom. The minimum Gasteiger partial charge on any atom is -0.488 e. The lowest BCUT2D eigenvalue weighted by atomic mass is 10.3. The molecule has 6 heteroatoms. The van der Waals surface area contributed by atoms with E-state index in [9.17, 15) is 10.1 Å². The minimum atomic E-state index is -0.451. The SMILES string of the molecule is O=[N+]([O-])c1ccc(OCC2OCCO2)cc1. The van der Waals surface area contributed by atoms with Gasteiger partial charge in [0.2, 0.25) is 0 Å². The van der Waals surface area contributed by atoms with Crippen LogP contribution in [0.15, 0.2) is 24.3 Å². The molecule has 0 atom stereocenters. The van der Waals surface area contributed by atoms with Crippen LogP contribution < -0.4 is 4.74 Å². The summed E-state index contributed by atoms with van der Waals surface area (Å²) >= 11 is 0. The summed E-state index contributed by atoms with van der Waals surface area (Å²) in [4.78, 5) is 9.95. The maximum Gasteiger partial charge on any atom is 0.269 e. The van der Waals surface area contributed by atoms with Gasteiger partial charge in [-0.15, -0.1) is 0 Å². The van der Waals surface area contributed by atoms with Crippen molar-refractivity contribution in [1.29, 1.82) is 0 Å². The van der Waals surface area contributed by atoms with Crippen molar-refractivity contribution in [2.45, 2.75) is 6.29 Å². The van der Waals surface area contributed by atoms with Gasteiger partial charge < -0.3 is 14.2 Å². The molecule has 0 aromatic heterocycles. The molecule has 0 N–H and O–H groups in total. The predicted octanol–water partition coefficient (Wildman–Crippen LogP) is 1.35. The summed E-state index contributed by atoms with van der Waals surface area (Å²) in [6.45, 7) is 1.44. The second kappa shape index (κ2) is 4.91. The predicted molar refractivity (Wildman–Crippen MR) is 54.3 cm³/mol. The largest absolute Gasteiger partial charge is 0.488 e. The second-order valence-corrected chi connectivity index (χ2v) is 3.23. The number of non-ortho nitro benzene ring substituents is 1. The molecule has 0 saturated carbocycles. The van der Waals surface area contributed by atoms with Gasteiger partial charge in [-0.25, -0.2) is 0 Å². The molecular formula is C10H11NO5. The van der Waals surface area contributed by atoms with Crippen LogP contribution in [0.4, 0.5) is 5.69 Å². The number of nitro benzene ring substituents is 1. The average molecular weight is 225 g/mol. The van der Waals surface area contributed by atoms with Crippen molar-refractivity contribution in [2.75, 3.05) is 19.8 Å². The van der Waals surface area contributed by atoms with Crippen molar-refractivity contribution in [2.24, 2.45) is 0 Å². The van der Waals surface area contributed by atoms with Crippen molar-refractivity contribution in [3.05, 3.63) is 34.4 Å². The summed E-state index contributed by atoms with van der Waals surface area (Å²) in [5.74, 6) is 0.560. The van der Waals surface area contributed by atoms with Crippen molar-refractivity contribution in [3.8, 4) is 5.75 Å². The normalized spacial score (nSPS) is 16.2. The van der Waals surface area contributed by atoms with E-state index < -0.39 is 4.92 Å². The Morgan fingerprint density at radius 2 is 1.94 bits per heavy atom. The van der Waals surface area contributed by atoms with Crippen LogP contribution >= 0.6 is 0 Å². The van der Waals surface area contributed by atoms with Gasteiger partial charge in [-0.2, -0.15) is 0 Å². The first-order chi connectivity index (χ1) is 7.75. The van der Waals surface area contributed by atoms with Gasteiger partial charge >= 0.3 is 0 Å². The molecule has 0 spiro atoms. The van der Waals surface area contributed by atoms with Crippen LogP contribution in [0.3, 0.4) is 0 Å². The maximum absolute atomic E-state index is 10.4. The lowest BCUT2D eigenvalue weighted by Crippen LogP contribution is -2.18. The summed E-state index contributed by atoms with van der Waals surface area (Å²) in [6.07, 6.45) is -0.338. The number of hydrogen-bond donors (Lipinski definition) is 0. The van der Waals surface area contributed by atoms with Crippen molar-refractivity contribution < 1.29 is 19.1 Å². The summed E-state index contributed by atoms with van der Waals surface area (Å²) in [7, 11) is 0. The lowest BCUT2D eigenvalue weighted by molar-refractivity contribution is -0.384. The van der Waals surface area contributed by atoms with Gasteiger partial charge in [0.25, 0.3) is 5.69 Å². The molecule has 0 aliphatic carbocycles. The third-order valence-electron chi connectivity index (χ3n) is 2.12. The fourth-order valence-corrected chi connectivity index (χ4v) is 1.33. The highest BCUT2D eigenvalue weighted by Crippen LogP contribution is 2.18. The third-order valence-corrected chi connectivity index (χ3v) is 2.12. The molecule has 1 fully saturated rings. The molecule has 6 nitrogen and oxygen atoms in total. The molecule has 0 radical (unpaired) electrons. The van der Waals surface area contributed by atoms with Crippen molar-refractivity contribution >= 4 is 5.69 Å². The molecule has 1 aliphatic heterocycles. The van der Waals surface area contributed by atoms with E-state index in [1.54, 1.807) is 12.1 Å². The van der Waals surface area contributed by atoms with Crippen LogP contribution in [-0.4, -0.2) is 31.0 Å². The number of nitro groups is 1. The Morgan fingerprint density at radius 3 is 2.50 bits per heavy atom. The smallest absolute Gasteiger partial charge is 0.269 e. The number of rotatable bonds is 4. The van der Waals surface area contributed by atoms with E-state index in [0.29, 0.717) is 19.0 Å².